The van der Waals surface area contributed by atoms with E-state index in [0.29, 0.717) is 5.56 Å². The molecule has 0 aromatic heterocycles. The first kappa shape index (κ1) is 15.9. The second-order valence-electron chi connectivity index (χ2n) is 3.16. The predicted molar refractivity (Wildman–Crippen MR) is 76.1 cm³/mol. The number of ether oxygens (including phenoxy) is 1. The average molecular weight is 348 g/mol. The maximum absolute atomic E-state index is 11.2. The quantitative estimate of drug-likeness (QED) is 0.309. The molecule has 0 aliphatic carbocycles. The Morgan fingerprint density at radius 1 is 1.00 bits per heavy atom. The van der Waals surface area contributed by atoms with E-state index in [0.717, 1.165) is 0 Å². The average Bonchev–Trinajstić information content (AvgIpc) is 2.34. The summed E-state index contributed by atoms with van der Waals surface area (Å²) in [6, 6.07) is 0. The molecule has 0 heterocycles. The first-order valence-corrected chi connectivity index (χ1v) is 6.58. The van der Waals surface area contributed by atoms with Gasteiger partial charge in [-0.15, -0.1) is 0 Å². The molecule has 1 rings (SSSR count). The molecule has 0 radical (unpaired) electrons. The van der Waals surface area contributed by atoms with Crippen LogP contribution >= 0.6 is 58.0 Å². The summed E-state index contributed by atoms with van der Waals surface area (Å²) in [5, 5.41) is 0.445. The van der Waals surface area contributed by atoms with Gasteiger partial charge in [-0.2, -0.15) is 0 Å². The summed E-state index contributed by atoms with van der Waals surface area (Å²) < 4.78 is 4.93. The van der Waals surface area contributed by atoms with Gasteiger partial charge in [0.1, 0.15) is 6.61 Å². The number of hydrogen-bond acceptors (Lipinski definition) is 2. The molecule has 1 aromatic carbocycles. The van der Waals surface area contributed by atoms with Crippen molar-refractivity contribution >= 4 is 64.0 Å². The van der Waals surface area contributed by atoms with Gasteiger partial charge in [-0.1, -0.05) is 64.1 Å². The van der Waals surface area contributed by atoms with Crippen molar-refractivity contribution in [2.24, 2.45) is 0 Å². The molecule has 0 N–H and O–H groups in total. The Hall–Kier alpha value is -0.120. The van der Waals surface area contributed by atoms with Crippen molar-refractivity contribution < 1.29 is 9.53 Å². The molecule has 0 bridgehead atoms. The van der Waals surface area contributed by atoms with Gasteiger partial charge in [0.2, 0.25) is 0 Å². The third-order valence-electron chi connectivity index (χ3n) is 1.96. The van der Waals surface area contributed by atoms with Crippen LogP contribution in [0.4, 0.5) is 0 Å². The lowest BCUT2D eigenvalue weighted by molar-refractivity contribution is -0.139. The molecule has 0 amide bonds. The van der Waals surface area contributed by atoms with Gasteiger partial charge in [-0.25, -0.2) is 4.79 Å². The van der Waals surface area contributed by atoms with Crippen molar-refractivity contribution in [3.05, 3.63) is 42.8 Å². The maximum Gasteiger partial charge on any atom is 0.330 e. The van der Waals surface area contributed by atoms with E-state index in [1.807, 2.05) is 0 Å². The molecular formula is C11H7Cl5O2. The standard InChI is InChI=1S/C11H7Cl5O2/c1-2-3-6(17)18-4-5-7(12)9(14)11(16)10(15)8(5)13/h2-3H,4H2,1H3. The van der Waals surface area contributed by atoms with Crippen LogP contribution in [0.3, 0.4) is 0 Å². The lowest BCUT2D eigenvalue weighted by atomic mass is 10.2. The van der Waals surface area contributed by atoms with Crippen LogP contribution in [0.15, 0.2) is 12.2 Å². The number of rotatable bonds is 3. The van der Waals surface area contributed by atoms with Crippen molar-refractivity contribution in [3.63, 3.8) is 0 Å². The van der Waals surface area contributed by atoms with Gasteiger partial charge in [0.05, 0.1) is 25.1 Å². The Morgan fingerprint density at radius 2 is 1.44 bits per heavy atom. The highest BCUT2D eigenvalue weighted by molar-refractivity contribution is 6.55. The fraction of sp³-hybridized carbons (Fsp3) is 0.182. The van der Waals surface area contributed by atoms with Crippen molar-refractivity contribution in [1.29, 1.82) is 0 Å². The molecule has 2 nitrogen and oxygen atoms in total. The van der Waals surface area contributed by atoms with E-state index in [1.54, 1.807) is 13.0 Å². The Bertz CT molecular complexity index is 482. The molecule has 98 valence electrons. The van der Waals surface area contributed by atoms with Crippen LogP contribution in [0.5, 0.6) is 0 Å². The number of halogens is 5. The first-order valence-electron chi connectivity index (χ1n) is 4.69. The molecule has 0 aliphatic rings. The Labute approximate surface area is 129 Å². The fourth-order valence-corrected chi connectivity index (χ4v) is 2.39. The molecular weight excluding hydrogens is 341 g/mol. The SMILES string of the molecule is CC=CC(=O)OCc1c(Cl)c(Cl)c(Cl)c(Cl)c1Cl. The van der Waals surface area contributed by atoms with Gasteiger partial charge in [-0.05, 0) is 6.92 Å². The molecule has 0 unspecified atom stereocenters. The normalized spacial score (nSPS) is 11.0. The Balaban J connectivity index is 3.07. The van der Waals surface area contributed by atoms with Gasteiger partial charge in [0, 0.05) is 11.6 Å². The van der Waals surface area contributed by atoms with Gasteiger partial charge in [-0.3, -0.25) is 0 Å². The monoisotopic (exact) mass is 346 g/mol. The van der Waals surface area contributed by atoms with E-state index in [1.165, 1.54) is 6.08 Å². The highest BCUT2D eigenvalue weighted by Gasteiger charge is 2.19. The summed E-state index contributed by atoms with van der Waals surface area (Å²) >= 11 is 29.5. The van der Waals surface area contributed by atoms with Gasteiger partial charge in [0.15, 0.2) is 0 Å². The number of esters is 1. The van der Waals surface area contributed by atoms with Crippen LogP contribution in [-0.2, 0) is 16.1 Å². The number of benzene rings is 1. The van der Waals surface area contributed by atoms with Crippen molar-refractivity contribution in [1.82, 2.24) is 0 Å². The summed E-state index contributed by atoms with van der Waals surface area (Å²) in [5.74, 6) is -0.521. The summed E-state index contributed by atoms with van der Waals surface area (Å²) in [5.41, 5.74) is 0.315. The largest absolute Gasteiger partial charge is 0.458 e. The molecule has 1 aromatic rings. The van der Waals surface area contributed by atoms with E-state index in [2.05, 4.69) is 0 Å². The lowest BCUT2D eigenvalue weighted by Gasteiger charge is -2.12. The molecule has 7 heteroatoms. The van der Waals surface area contributed by atoms with Crippen LogP contribution in [0, 0.1) is 0 Å². The zero-order valence-corrected chi connectivity index (χ0v) is 12.8. The molecule has 0 fully saturated rings. The van der Waals surface area contributed by atoms with Crippen LogP contribution < -0.4 is 0 Å². The zero-order valence-electron chi connectivity index (χ0n) is 9.07. The minimum Gasteiger partial charge on any atom is -0.458 e. The summed E-state index contributed by atoms with van der Waals surface area (Å²) in [7, 11) is 0. The molecule has 0 saturated heterocycles. The predicted octanol–water partition coefficient (Wildman–Crippen LogP) is 5.57. The number of hydrogen-bond donors (Lipinski definition) is 0. The highest BCUT2D eigenvalue weighted by Crippen LogP contribution is 2.44. The van der Waals surface area contributed by atoms with Gasteiger partial charge >= 0.3 is 5.97 Å². The summed E-state index contributed by atoms with van der Waals surface area (Å²) in [6.07, 6.45) is 2.81. The third kappa shape index (κ3) is 3.46. The minimum atomic E-state index is -0.521. The Kier molecular flexibility index (Phi) is 6.09. The van der Waals surface area contributed by atoms with E-state index in [-0.39, 0.29) is 31.7 Å². The minimum absolute atomic E-state index is 0.0665. The van der Waals surface area contributed by atoms with Gasteiger partial charge < -0.3 is 4.74 Å². The smallest absolute Gasteiger partial charge is 0.330 e. The number of carbonyl (C=O) groups excluding carboxylic acids is 1. The fourth-order valence-electron chi connectivity index (χ4n) is 1.10. The van der Waals surface area contributed by atoms with Crippen LogP contribution in [0.1, 0.15) is 12.5 Å². The molecule has 0 spiro atoms. The number of allylic oxidation sites excluding steroid dienone is 1. The van der Waals surface area contributed by atoms with Gasteiger partial charge in [0.25, 0.3) is 0 Å². The second kappa shape index (κ2) is 6.88. The Morgan fingerprint density at radius 3 is 1.89 bits per heavy atom. The van der Waals surface area contributed by atoms with Crippen LogP contribution in [0.25, 0.3) is 0 Å². The topological polar surface area (TPSA) is 26.3 Å². The molecule has 18 heavy (non-hydrogen) atoms. The van der Waals surface area contributed by atoms with E-state index >= 15 is 0 Å². The van der Waals surface area contributed by atoms with Crippen molar-refractivity contribution in [2.75, 3.05) is 0 Å². The lowest BCUT2D eigenvalue weighted by Crippen LogP contribution is -2.02. The highest BCUT2D eigenvalue weighted by atomic mass is 35.5. The first-order chi connectivity index (χ1) is 8.40. The third-order valence-corrected chi connectivity index (χ3v) is 4.32. The number of carbonyl (C=O) groups is 1. The van der Waals surface area contributed by atoms with E-state index in [4.69, 9.17) is 62.7 Å². The van der Waals surface area contributed by atoms with E-state index < -0.39 is 5.97 Å². The van der Waals surface area contributed by atoms with Crippen LogP contribution in [-0.4, -0.2) is 5.97 Å². The maximum atomic E-state index is 11.2. The second-order valence-corrected chi connectivity index (χ2v) is 5.05. The van der Waals surface area contributed by atoms with Crippen molar-refractivity contribution in [3.8, 4) is 0 Å². The van der Waals surface area contributed by atoms with Crippen molar-refractivity contribution in [2.45, 2.75) is 13.5 Å². The summed E-state index contributed by atoms with van der Waals surface area (Å²) in [4.78, 5) is 11.2. The molecule has 0 atom stereocenters. The van der Waals surface area contributed by atoms with E-state index in [9.17, 15) is 4.79 Å². The summed E-state index contributed by atoms with van der Waals surface area (Å²) in [6.45, 7) is 1.55. The molecule has 0 saturated carbocycles. The zero-order chi connectivity index (χ0) is 13.9. The molecule has 0 aliphatic heterocycles. The van der Waals surface area contributed by atoms with Crippen LogP contribution in [0.2, 0.25) is 25.1 Å².